The number of hydrogen-bond acceptors (Lipinski definition) is 7. The molecule has 192 valence electrons. The molecule has 1 aliphatic rings. The van der Waals surface area contributed by atoms with Crippen molar-refractivity contribution < 1.29 is 35.4 Å². The molecule has 1 heterocycles. The summed E-state index contributed by atoms with van der Waals surface area (Å²) in [6.45, 7) is 1.80. The summed E-state index contributed by atoms with van der Waals surface area (Å²) in [5, 5.41) is 59.3. The van der Waals surface area contributed by atoms with Gasteiger partial charge in [-0.3, -0.25) is 0 Å². The van der Waals surface area contributed by atoms with Crippen LogP contribution in [0.15, 0.2) is 0 Å². The lowest BCUT2D eigenvalue weighted by atomic mass is 9.91. The summed E-state index contributed by atoms with van der Waals surface area (Å²) in [5.74, 6) is 0. The van der Waals surface area contributed by atoms with Gasteiger partial charge >= 0.3 is 0 Å². The summed E-state index contributed by atoms with van der Waals surface area (Å²) < 4.78 is 5.47. The second-order valence-electron chi connectivity index (χ2n) is 9.61. The lowest BCUT2D eigenvalue weighted by molar-refractivity contribution is -0.230. The molecule has 0 amide bonds. The largest absolute Gasteiger partial charge is 0.394 e. The van der Waals surface area contributed by atoms with Crippen molar-refractivity contribution in [3.63, 3.8) is 0 Å². The van der Waals surface area contributed by atoms with Gasteiger partial charge in [-0.1, -0.05) is 84.0 Å². The molecule has 0 aromatic carbocycles. The van der Waals surface area contributed by atoms with E-state index >= 15 is 0 Å². The van der Waals surface area contributed by atoms with Crippen LogP contribution in [0.1, 0.15) is 110 Å². The van der Waals surface area contributed by atoms with Crippen LogP contribution in [0.5, 0.6) is 0 Å². The van der Waals surface area contributed by atoms with Gasteiger partial charge in [-0.2, -0.15) is 0 Å². The van der Waals surface area contributed by atoms with Gasteiger partial charge in [0, 0.05) is 0 Å². The van der Waals surface area contributed by atoms with Crippen molar-refractivity contribution in [1.29, 1.82) is 0 Å². The summed E-state index contributed by atoms with van der Waals surface area (Å²) >= 11 is 0. The smallest absolute Gasteiger partial charge is 0.111 e. The molecule has 0 radical (unpaired) electrons. The Hall–Kier alpha value is -0.280. The zero-order valence-electron chi connectivity index (χ0n) is 20.2. The van der Waals surface area contributed by atoms with E-state index in [1.165, 1.54) is 64.2 Å². The summed E-state index contributed by atoms with van der Waals surface area (Å²) in [6.07, 6.45) is 9.77. The predicted octanol–water partition coefficient (Wildman–Crippen LogP) is 2.81. The third kappa shape index (κ3) is 11.7. The molecule has 0 bridgehead atoms. The summed E-state index contributed by atoms with van der Waals surface area (Å²) in [4.78, 5) is 0. The quantitative estimate of drug-likeness (QED) is 0.163. The van der Waals surface area contributed by atoms with Gasteiger partial charge in [0.15, 0.2) is 0 Å². The van der Waals surface area contributed by atoms with Crippen LogP contribution in [0.4, 0.5) is 0 Å². The number of aliphatic hydroxyl groups excluding tert-OH is 6. The maximum atomic E-state index is 10.2. The second kappa shape index (κ2) is 18.1. The van der Waals surface area contributed by atoms with E-state index in [4.69, 9.17) is 4.74 Å². The highest BCUT2D eigenvalue weighted by Gasteiger charge is 2.42. The first-order valence-electron chi connectivity index (χ1n) is 13.1. The van der Waals surface area contributed by atoms with Gasteiger partial charge < -0.3 is 35.4 Å². The highest BCUT2D eigenvalue weighted by molar-refractivity contribution is 4.91. The second-order valence-corrected chi connectivity index (χ2v) is 9.61. The van der Waals surface area contributed by atoms with Gasteiger partial charge in [0.05, 0.1) is 24.9 Å². The minimum Gasteiger partial charge on any atom is -0.394 e. The van der Waals surface area contributed by atoms with Crippen LogP contribution in [-0.4, -0.2) is 80.0 Å². The molecule has 1 aliphatic heterocycles. The van der Waals surface area contributed by atoms with Crippen molar-refractivity contribution >= 4 is 0 Å². The zero-order valence-corrected chi connectivity index (χ0v) is 20.2. The van der Waals surface area contributed by atoms with E-state index < -0.39 is 49.3 Å². The van der Waals surface area contributed by atoms with Crippen LogP contribution in [0, 0.1) is 0 Å². The van der Waals surface area contributed by atoms with Crippen LogP contribution in [0.3, 0.4) is 0 Å². The van der Waals surface area contributed by atoms with Crippen molar-refractivity contribution in [3.8, 4) is 0 Å². The number of unbranched alkanes of at least 4 members (excludes halogenated alkanes) is 11. The van der Waals surface area contributed by atoms with Gasteiger partial charge in [-0.25, -0.2) is 0 Å². The molecule has 0 saturated carbocycles. The molecule has 1 fully saturated rings. The molecule has 1 rings (SSSR count). The highest BCUT2D eigenvalue weighted by Crippen LogP contribution is 2.25. The number of ether oxygens (including phenoxy) is 1. The van der Waals surface area contributed by atoms with Gasteiger partial charge in [0.2, 0.25) is 0 Å². The lowest BCUT2D eigenvalue weighted by Crippen LogP contribution is -2.58. The Morgan fingerprint density at radius 3 is 1.53 bits per heavy atom. The number of hydrogen-bond donors (Lipinski definition) is 6. The maximum Gasteiger partial charge on any atom is 0.111 e. The van der Waals surface area contributed by atoms with Crippen molar-refractivity contribution in [3.05, 3.63) is 0 Å². The molecule has 0 aliphatic carbocycles. The van der Waals surface area contributed by atoms with Crippen LogP contribution >= 0.6 is 0 Å². The van der Waals surface area contributed by atoms with Crippen LogP contribution in [-0.2, 0) is 4.74 Å². The van der Waals surface area contributed by atoms with E-state index in [9.17, 15) is 30.6 Å². The fraction of sp³-hybridized carbons (Fsp3) is 1.00. The topological polar surface area (TPSA) is 131 Å². The molecule has 6 N–H and O–H groups in total. The standard InChI is InChI=1S/C25H50O7/c1-2-3-4-5-6-7-8-9-10-11-12-13-15-19(27)20(28)16-14-17-21-23(29)25(31)24(30)22(18-26)32-21/h19-31H,2-18H2,1H3/t19-,20+,21-,22?,23?,24+,25?/m1/s1. The van der Waals surface area contributed by atoms with Crippen molar-refractivity contribution in [2.24, 2.45) is 0 Å². The third-order valence-corrected chi connectivity index (χ3v) is 6.78. The Morgan fingerprint density at radius 2 is 1.03 bits per heavy atom. The average molecular weight is 463 g/mol. The molecule has 32 heavy (non-hydrogen) atoms. The Kier molecular flexibility index (Phi) is 16.8. The molecule has 0 aromatic rings. The van der Waals surface area contributed by atoms with Crippen molar-refractivity contribution in [2.75, 3.05) is 6.61 Å². The van der Waals surface area contributed by atoms with E-state index in [-0.39, 0.29) is 0 Å². The molecule has 0 spiro atoms. The summed E-state index contributed by atoms with van der Waals surface area (Å²) in [7, 11) is 0. The average Bonchev–Trinajstić information content (AvgIpc) is 2.79. The molecule has 3 unspecified atom stereocenters. The molecule has 0 aromatic heterocycles. The van der Waals surface area contributed by atoms with Crippen LogP contribution in [0.2, 0.25) is 0 Å². The molecule has 1 saturated heterocycles. The molecule has 7 heteroatoms. The third-order valence-electron chi connectivity index (χ3n) is 6.78. The monoisotopic (exact) mass is 462 g/mol. The number of rotatable bonds is 19. The van der Waals surface area contributed by atoms with E-state index in [2.05, 4.69) is 6.92 Å². The first kappa shape index (κ1) is 29.8. The van der Waals surface area contributed by atoms with Crippen LogP contribution < -0.4 is 0 Å². The lowest BCUT2D eigenvalue weighted by Gasteiger charge is -2.40. The molecular formula is C25H50O7. The first-order chi connectivity index (χ1) is 15.4. The van der Waals surface area contributed by atoms with Gasteiger partial charge in [-0.15, -0.1) is 0 Å². The van der Waals surface area contributed by atoms with Crippen molar-refractivity contribution in [2.45, 2.75) is 152 Å². The minimum atomic E-state index is -1.37. The van der Waals surface area contributed by atoms with E-state index in [1.807, 2.05) is 0 Å². The Labute approximate surface area is 194 Å². The zero-order chi connectivity index (χ0) is 23.8. The Morgan fingerprint density at radius 1 is 0.594 bits per heavy atom. The van der Waals surface area contributed by atoms with Gasteiger partial charge in [-0.05, 0) is 25.7 Å². The summed E-state index contributed by atoms with van der Waals surface area (Å²) in [6, 6.07) is 0. The van der Waals surface area contributed by atoms with Crippen molar-refractivity contribution in [1.82, 2.24) is 0 Å². The van der Waals surface area contributed by atoms with E-state index in [1.54, 1.807) is 0 Å². The van der Waals surface area contributed by atoms with E-state index in [0.29, 0.717) is 25.7 Å². The molecular weight excluding hydrogens is 412 g/mol. The maximum absolute atomic E-state index is 10.2. The van der Waals surface area contributed by atoms with Gasteiger partial charge in [0.1, 0.15) is 24.4 Å². The highest BCUT2D eigenvalue weighted by atomic mass is 16.5. The van der Waals surface area contributed by atoms with E-state index in [0.717, 1.165) is 12.8 Å². The molecule has 7 atom stereocenters. The Bertz CT molecular complexity index is 435. The summed E-state index contributed by atoms with van der Waals surface area (Å²) in [5.41, 5.74) is 0. The molecule has 7 nitrogen and oxygen atoms in total. The first-order valence-corrected chi connectivity index (χ1v) is 13.1. The predicted molar refractivity (Wildman–Crippen MR) is 125 cm³/mol. The fourth-order valence-corrected chi connectivity index (χ4v) is 4.52. The fourth-order valence-electron chi connectivity index (χ4n) is 4.52. The van der Waals surface area contributed by atoms with Crippen LogP contribution in [0.25, 0.3) is 0 Å². The minimum absolute atomic E-state index is 0.365. The SMILES string of the molecule is CCCCCCCCCCCCCC[C@@H](O)[C@@H](O)CCC[C@H]1OC(CO)[C@H](O)C(O)C1O. The number of aliphatic hydroxyl groups is 6. The van der Waals surface area contributed by atoms with Gasteiger partial charge in [0.25, 0.3) is 0 Å². The normalized spacial score (nSPS) is 28.0. The Balaban J connectivity index is 2.03.